The number of hydrogen-bond acceptors (Lipinski definition) is 3. The van der Waals surface area contributed by atoms with Crippen LogP contribution < -0.4 is 11.1 Å². The predicted molar refractivity (Wildman–Crippen MR) is 57.1 cm³/mol. The second-order valence-electron chi connectivity index (χ2n) is 4.94. The van der Waals surface area contributed by atoms with Crippen LogP contribution in [-0.2, 0) is 9.59 Å². The first-order chi connectivity index (χ1) is 6.79. The topological polar surface area (TPSA) is 75.4 Å². The molecule has 1 rings (SSSR count). The van der Waals surface area contributed by atoms with Crippen LogP contribution in [0.2, 0.25) is 0 Å². The maximum atomic E-state index is 11.4. The monoisotopic (exact) mass is 213 g/mol. The number of nitrogens with one attached hydrogen (secondary N) is 1. The zero-order valence-electron chi connectivity index (χ0n) is 9.54. The van der Waals surface area contributed by atoms with Crippen LogP contribution >= 0.6 is 0 Å². The van der Waals surface area contributed by atoms with Gasteiger partial charge in [-0.25, -0.2) is 0 Å². The number of hydrogen-bond donors (Lipinski definition) is 2. The van der Waals surface area contributed by atoms with E-state index in [4.69, 9.17) is 5.73 Å². The van der Waals surface area contributed by atoms with Crippen molar-refractivity contribution in [3.05, 3.63) is 0 Å². The average molecular weight is 213 g/mol. The third kappa shape index (κ3) is 3.51. The van der Waals surface area contributed by atoms with E-state index in [1.165, 1.54) is 0 Å². The number of β-lactam (4-membered cyclic amide) rings is 1. The van der Waals surface area contributed by atoms with Gasteiger partial charge in [-0.3, -0.25) is 9.59 Å². The van der Waals surface area contributed by atoms with Crippen molar-refractivity contribution in [3.8, 4) is 0 Å². The zero-order chi connectivity index (χ0) is 11.6. The van der Waals surface area contributed by atoms with E-state index in [-0.39, 0.29) is 23.4 Å². The number of rotatable bonds is 3. The smallest absolute Gasteiger partial charge is 0.241 e. The van der Waals surface area contributed by atoms with Gasteiger partial charge in [0.25, 0.3) is 0 Å². The third-order valence-corrected chi connectivity index (χ3v) is 2.17. The molecule has 1 saturated heterocycles. The first kappa shape index (κ1) is 12.0. The summed E-state index contributed by atoms with van der Waals surface area (Å²) in [7, 11) is 0. The van der Waals surface area contributed by atoms with Gasteiger partial charge in [-0.2, -0.15) is 0 Å². The van der Waals surface area contributed by atoms with Gasteiger partial charge in [-0.15, -0.1) is 0 Å². The van der Waals surface area contributed by atoms with Crippen molar-refractivity contribution >= 4 is 11.8 Å². The first-order valence-electron chi connectivity index (χ1n) is 5.15. The van der Waals surface area contributed by atoms with E-state index in [0.717, 1.165) is 0 Å². The van der Waals surface area contributed by atoms with Crippen LogP contribution in [0.5, 0.6) is 0 Å². The molecule has 5 heteroatoms. The Hall–Kier alpha value is -1.10. The summed E-state index contributed by atoms with van der Waals surface area (Å²) in [6.07, 6.45) is 0.343. The Morgan fingerprint density at radius 2 is 2.20 bits per heavy atom. The lowest BCUT2D eigenvalue weighted by molar-refractivity contribution is -0.142. The van der Waals surface area contributed by atoms with Gasteiger partial charge in [0.2, 0.25) is 11.8 Å². The molecule has 1 atom stereocenters. The molecule has 0 aromatic heterocycles. The Morgan fingerprint density at radius 1 is 1.60 bits per heavy atom. The summed E-state index contributed by atoms with van der Waals surface area (Å²) in [5.74, 6) is -0.0886. The lowest BCUT2D eigenvalue weighted by atomic mass is 10.1. The molecule has 1 heterocycles. The van der Waals surface area contributed by atoms with Crippen molar-refractivity contribution in [2.45, 2.75) is 38.8 Å². The SMILES string of the molecule is CC(C)(C)NC(=O)CCN1CC(N)C1=O. The van der Waals surface area contributed by atoms with Crippen LogP contribution in [0.4, 0.5) is 0 Å². The molecule has 15 heavy (non-hydrogen) atoms. The van der Waals surface area contributed by atoms with Crippen LogP contribution in [0.15, 0.2) is 0 Å². The molecule has 3 N–H and O–H groups in total. The maximum Gasteiger partial charge on any atom is 0.241 e. The van der Waals surface area contributed by atoms with E-state index in [2.05, 4.69) is 5.32 Å². The van der Waals surface area contributed by atoms with E-state index in [0.29, 0.717) is 19.5 Å². The second kappa shape index (κ2) is 4.18. The quantitative estimate of drug-likeness (QED) is 0.618. The highest BCUT2D eigenvalue weighted by atomic mass is 16.2. The number of carbonyl (C=O) groups is 2. The first-order valence-corrected chi connectivity index (χ1v) is 5.15. The van der Waals surface area contributed by atoms with Crippen LogP contribution in [-0.4, -0.2) is 41.4 Å². The largest absolute Gasteiger partial charge is 0.351 e. The van der Waals surface area contributed by atoms with Crippen LogP contribution in [0, 0.1) is 0 Å². The van der Waals surface area contributed by atoms with E-state index in [1.54, 1.807) is 4.90 Å². The Morgan fingerprint density at radius 3 is 2.60 bits per heavy atom. The van der Waals surface area contributed by atoms with Crippen LogP contribution in [0.25, 0.3) is 0 Å². The molecule has 0 saturated carbocycles. The molecule has 1 aliphatic heterocycles. The summed E-state index contributed by atoms with van der Waals surface area (Å²) in [6.45, 7) is 6.82. The number of nitrogens with two attached hydrogens (primary N) is 1. The minimum Gasteiger partial charge on any atom is -0.351 e. The fourth-order valence-electron chi connectivity index (χ4n) is 1.45. The summed E-state index contributed by atoms with van der Waals surface area (Å²) >= 11 is 0. The summed E-state index contributed by atoms with van der Waals surface area (Å²) < 4.78 is 0. The molecule has 0 aromatic rings. The molecule has 0 bridgehead atoms. The normalized spacial score (nSPS) is 21.2. The molecule has 0 aliphatic carbocycles. The summed E-state index contributed by atoms with van der Waals surface area (Å²) in [5, 5.41) is 2.84. The van der Waals surface area contributed by atoms with Crippen molar-refractivity contribution in [2.24, 2.45) is 5.73 Å². The molecule has 1 unspecified atom stereocenters. The maximum absolute atomic E-state index is 11.4. The van der Waals surface area contributed by atoms with Gasteiger partial charge in [0, 0.05) is 25.0 Å². The molecule has 2 amide bonds. The highest BCUT2D eigenvalue weighted by Gasteiger charge is 2.33. The highest BCUT2D eigenvalue weighted by Crippen LogP contribution is 2.08. The molecule has 1 fully saturated rings. The van der Waals surface area contributed by atoms with Gasteiger partial charge in [0.05, 0.1) is 0 Å². The standard InChI is InChI=1S/C10H19N3O2/c1-10(2,3)12-8(14)4-5-13-6-7(11)9(13)15/h7H,4-6,11H2,1-3H3,(H,12,14). The Kier molecular flexibility index (Phi) is 3.34. The predicted octanol–water partition coefficient (Wildman–Crippen LogP) is -0.539. The summed E-state index contributed by atoms with van der Waals surface area (Å²) in [6, 6.07) is -0.351. The van der Waals surface area contributed by atoms with Gasteiger partial charge in [0.15, 0.2) is 0 Å². The number of amides is 2. The fraction of sp³-hybridized carbons (Fsp3) is 0.800. The summed E-state index contributed by atoms with van der Waals surface area (Å²) in [4.78, 5) is 24.1. The Labute approximate surface area is 90.0 Å². The van der Waals surface area contributed by atoms with Crippen molar-refractivity contribution < 1.29 is 9.59 Å². The molecule has 0 spiro atoms. The van der Waals surface area contributed by atoms with Crippen molar-refractivity contribution in [1.29, 1.82) is 0 Å². The number of likely N-dealkylation sites (tertiary alicyclic amines) is 1. The lowest BCUT2D eigenvalue weighted by Gasteiger charge is -2.36. The lowest BCUT2D eigenvalue weighted by Crippen LogP contribution is -2.61. The summed E-state index contributed by atoms with van der Waals surface area (Å²) in [5.41, 5.74) is 5.21. The van der Waals surface area contributed by atoms with Crippen LogP contribution in [0.1, 0.15) is 27.2 Å². The molecular weight excluding hydrogens is 194 g/mol. The van der Waals surface area contributed by atoms with E-state index >= 15 is 0 Å². The second-order valence-corrected chi connectivity index (χ2v) is 4.94. The Balaban J connectivity index is 2.21. The molecule has 1 aliphatic rings. The van der Waals surface area contributed by atoms with Crippen molar-refractivity contribution in [2.75, 3.05) is 13.1 Å². The van der Waals surface area contributed by atoms with Gasteiger partial charge < -0.3 is 16.0 Å². The molecule has 86 valence electrons. The van der Waals surface area contributed by atoms with Gasteiger partial charge >= 0.3 is 0 Å². The van der Waals surface area contributed by atoms with E-state index in [1.807, 2.05) is 20.8 Å². The Bertz CT molecular complexity index is 270. The van der Waals surface area contributed by atoms with E-state index in [9.17, 15) is 9.59 Å². The molecule has 0 radical (unpaired) electrons. The van der Waals surface area contributed by atoms with E-state index < -0.39 is 0 Å². The van der Waals surface area contributed by atoms with Crippen molar-refractivity contribution in [1.82, 2.24) is 10.2 Å². The average Bonchev–Trinajstić information content (AvgIpc) is 2.08. The minimum atomic E-state index is -0.351. The van der Waals surface area contributed by atoms with Gasteiger partial charge in [-0.05, 0) is 20.8 Å². The fourth-order valence-corrected chi connectivity index (χ4v) is 1.45. The number of carbonyl (C=O) groups excluding carboxylic acids is 2. The number of nitrogens with zero attached hydrogens (tertiary/aromatic N) is 1. The highest BCUT2D eigenvalue weighted by molar-refractivity contribution is 5.88. The minimum absolute atomic E-state index is 0.0317. The molecular formula is C10H19N3O2. The molecule has 5 nitrogen and oxygen atoms in total. The van der Waals surface area contributed by atoms with Gasteiger partial charge in [0.1, 0.15) is 6.04 Å². The molecule has 0 aromatic carbocycles. The third-order valence-electron chi connectivity index (χ3n) is 2.17. The van der Waals surface area contributed by atoms with Crippen LogP contribution in [0.3, 0.4) is 0 Å². The zero-order valence-corrected chi connectivity index (χ0v) is 9.54. The van der Waals surface area contributed by atoms with Crippen molar-refractivity contribution in [3.63, 3.8) is 0 Å². The van der Waals surface area contributed by atoms with Gasteiger partial charge in [-0.1, -0.05) is 0 Å².